The van der Waals surface area contributed by atoms with Gasteiger partial charge in [0.25, 0.3) is 10.8 Å². The first-order valence-corrected chi connectivity index (χ1v) is 9.56. The molecule has 0 unspecified atom stereocenters. The number of nitrogens with zero attached hydrogens (tertiary/aromatic N) is 2. The highest BCUT2D eigenvalue weighted by Crippen LogP contribution is 2.19. The first kappa shape index (κ1) is 18.4. The van der Waals surface area contributed by atoms with E-state index in [1.807, 2.05) is 0 Å². The number of hydrogen-bond donors (Lipinski definition) is 3. The summed E-state index contributed by atoms with van der Waals surface area (Å²) in [4.78, 5) is 39.8. The average molecular weight is 379 g/mol. The van der Waals surface area contributed by atoms with Gasteiger partial charge in [-0.25, -0.2) is 4.79 Å². The van der Waals surface area contributed by atoms with Crippen molar-refractivity contribution in [3.8, 4) is 0 Å². The second-order valence-corrected chi connectivity index (χ2v) is 7.27. The third-order valence-electron chi connectivity index (χ3n) is 4.33. The van der Waals surface area contributed by atoms with Gasteiger partial charge in [0, 0.05) is 17.3 Å². The van der Waals surface area contributed by atoms with E-state index in [2.05, 4.69) is 25.5 Å². The van der Waals surface area contributed by atoms with Gasteiger partial charge in [-0.3, -0.25) is 14.6 Å². The monoisotopic (exact) mass is 379 g/mol. The second-order valence-electron chi connectivity index (χ2n) is 6.34. The summed E-state index contributed by atoms with van der Waals surface area (Å²) in [6.07, 6.45) is 5.74. The molecule has 2 aromatic heterocycles. The van der Waals surface area contributed by atoms with Crippen LogP contribution < -0.4 is 16.6 Å². The van der Waals surface area contributed by atoms with E-state index in [1.165, 1.54) is 6.42 Å². The molecule has 0 aromatic carbocycles. The number of aryl methyl sites for hydroxylation is 1. The molecule has 9 nitrogen and oxygen atoms in total. The van der Waals surface area contributed by atoms with E-state index in [1.54, 1.807) is 6.92 Å². The van der Waals surface area contributed by atoms with Crippen LogP contribution in [0.2, 0.25) is 0 Å². The van der Waals surface area contributed by atoms with Crippen molar-refractivity contribution < 1.29 is 9.21 Å². The second kappa shape index (κ2) is 8.35. The number of nitrogens with one attached hydrogen (secondary N) is 3. The van der Waals surface area contributed by atoms with Crippen LogP contribution in [0, 0.1) is 6.92 Å². The van der Waals surface area contributed by atoms with Crippen LogP contribution in [0.4, 0.5) is 0 Å². The minimum Gasteiger partial charge on any atom is -0.416 e. The lowest BCUT2D eigenvalue weighted by Crippen LogP contribution is -2.37. The van der Waals surface area contributed by atoms with Crippen LogP contribution in [0.25, 0.3) is 0 Å². The van der Waals surface area contributed by atoms with Crippen LogP contribution in [0.1, 0.15) is 49.3 Å². The smallest absolute Gasteiger partial charge is 0.325 e. The van der Waals surface area contributed by atoms with Crippen molar-refractivity contribution in [2.45, 2.75) is 56.7 Å². The van der Waals surface area contributed by atoms with Crippen molar-refractivity contribution in [3.63, 3.8) is 0 Å². The van der Waals surface area contributed by atoms with Crippen molar-refractivity contribution in [2.24, 2.45) is 0 Å². The summed E-state index contributed by atoms with van der Waals surface area (Å²) in [7, 11) is 0. The Labute approximate surface area is 153 Å². The third kappa shape index (κ3) is 4.84. The zero-order valence-electron chi connectivity index (χ0n) is 14.5. The lowest BCUT2D eigenvalue weighted by atomic mass is 9.95. The molecule has 0 atom stereocenters. The first-order valence-electron chi connectivity index (χ1n) is 8.58. The van der Waals surface area contributed by atoms with Crippen LogP contribution in [-0.2, 0) is 11.2 Å². The van der Waals surface area contributed by atoms with Crippen LogP contribution in [0.5, 0.6) is 0 Å². The molecule has 0 aliphatic heterocycles. The summed E-state index contributed by atoms with van der Waals surface area (Å²) in [5, 5.41) is 11.1. The van der Waals surface area contributed by atoms with E-state index in [-0.39, 0.29) is 35.2 Å². The number of amides is 1. The van der Waals surface area contributed by atoms with Gasteiger partial charge >= 0.3 is 5.69 Å². The lowest BCUT2D eigenvalue weighted by Gasteiger charge is -2.22. The maximum Gasteiger partial charge on any atom is 0.325 e. The summed E-state index contributed by atoms with van der Waals surface area (Å²) >= 11 is 1.16. The Bertz CT molecular complexity index is 881. The Balaban J connectivity index is 1.54. The first-order chi connectivity index (χ1) is 12.5. The Morgan fingerprint density at radius 3 is 2.73 bits per heavy atom. The molecule has 2 aromatic rings. The number of aromatic nitrogens is 4. The Morgan fingerprint density at radius 2 is 2.00 bits per heavy atom. The average Bonchev–Trinajstić information content (AvgIpc) is 3.05. The van der Waals surface area contributed by atoms with Crippen molar-refractivity contribution in [3.05, 3.63) is 38.0 Å². The van der Waals surface area contributed by atoms with Crippen LogP contribution >= 0.6 is 11.8 Å². The molecule has 140 valence electrons. The quantitative estimate of drug-likeness (QED) is 0.635. The van der Waals surface area contributed by atoms with Gasteiger partial charge in [0.1, 0.15) is 0 Å². The number of aromatic amines is 2. The number of carbonyl (C=O) groups excluding carboxylic acids is 1. The van der Waals surface area contributed by atoms with E-state index in [4.69, 9.17) is 4.42 Å². The summed E-state index contributed by atoms with van der Waals surface area (Å²) in [5.41, 5.74) is -0.217. The molecule has 0 saturated heterocycles. The molecule has 1 amide bonds. The highest BCUT2D eigenvalue weighted by molar-refractivity contribution is 7.99. The molecule has 1 aliphatic rings. The van der Waals surface area contributed by atoms with Gasteiger partial charge < -0.3 is 14.7 Å². The highest BCUT2D eigenvalue weighted by Gasteiger charge is 2.17. The minimum absolute atomic E-state index is 0.0467. The molecule has 0 radical (unpaired) electrons. The lowest BCUT2D eigenvalue weighted by molar-refractivity contribution is -0.119. The van der Waals surface area contributed by atoms with Crippen molar-refractivity contribution in [1.29, 1.82) is 0 Å². The fraction of sp³-hybridized carbons (Fsp3) is 0.562. The zero-order valence-corrected chi connectivity index (χ0v) is 15.3. The molecule has 3 N–H and O–H groups in total. The van der Waals surface area contributed by atoms with Gasteiger partial charge in [0.15, 0.2) is 0 Å². The van der Waals surface area contributed by atoms with E-state index in [0.717, 1.165) is 37.4 Å². The summed E-state index contributed by atoms with van der Waals surface area (Å²) in [5.74, 6) is 0.409. The van der Waals surface area contributed by atoms with Crippen LogP contribution in [0.3, 0.4) is 0 Å². The molecule has 1 fully saturated rings. The minimum atomic E-state index is -0.554. The molecule has 3 rings (SSSR count). The van der Waals surface area contributed by atoms with Crippen molar-refractivity contribution >= 4 is 17.7 Å². The van der Waals surface area contributed by atoms with Gasteiger partial charge in [-0.15, -0.1) is 10.2 Å². The number of thioether (sulfide) groups is 1. The van der Waals surface area contributed by atoms with E-state index >= 15 is 0 Å². The molecular formula is C16H21N5O4S. The van der Waals surface area contributed by atoms with Crippen molar-refractivity contribution in [2.75, 3.05) is 5.75 Å². The van der Waals surface area contributed by atoms with E-state index < -0.39 is 11.2 Å². The number of carbonyl (C=O) groups is 1. The SMILES string of the molecule is Cc1[nH]c(=O)[nH]c(=O)c1Cc1nnc(SCC(=O)NC2CCCCC2)o1. The van der Waals surface area contributed by atoms with Gasteiger partial charge in [0.2, 0.25) is 11.8 Å². The predicted octanol–water partition coefficient (Wildman–Crippen LogP) is 0.886. The summed E-state index contributed by atoms with van der Waals surface area (Å²) in [6.45, 7) is 1.63. The summed E-state index contributed by atoms with van der Waals surface area (Å²) in [6, 6.07) is 0.269. The molecule has 10 heteroatoms. The number of hydrogen-bond acceptors (Lipinski definition) is 7. The highest BCUT2D eigenvalue weighted by atomic mass is 32.2. The van der Waals surface area contributed by atoms with E-state index in [0.29, 0.717) is 11.3 Å². The maximum absolute atomic E-state index is 12.0. The van der Waals surface area contributed by atoms with Gasteiger partial charge in [-0.1, -0.05) is 31.0 Å². The molecule has 1 saturated carbocycles. The Hall–Kier alpha value is -2.36. The van der Waals surface area contributed by atoms with Gasteiger partial charge in [-0.2, -0.15) is 0 Å². The standard InChI is InChI=1S/C16H21N5O4S/c1-9-11(14(23)19-15(24)17-9)7-13-20-21-16(25-13)26-8-12(22)18-10-5-3-2-4-6-10/h10H,2-8H2,1H3,(H,18,22)(H2,17,19,23,24). The molecule has 26 heavy (non-hydrogen) atoms. The fourth-order valence-corrected chi connectivity index (χ4v) is 3.59. The molecular weight excluding hydrogens is 358 g/mol. The Morgan fingerprint density at radius 1 is 1.23 bits per heavy atom. The molecule has 1 aliphatic carbocycles. The molecule has 2 heterocycles. The third-order valence-corrected chi connectivity index (χ3v) is 5.15. The van der Waals surface area contributed by atoms with Crippen LogP contribution in [-0.4, -0.2) is 37.9 Å². The maximum atomic E-state index is 12.0. The van der Waals surface area contributed by atoms with Crippen LogP contribution in [0.15, 0.2) is 19.2 Å². The molecule has 0 bridgehead atoms. The summed E-state index contributed by atoms with van der Waals surface area (Å²) < 4.78 is 5.48. The largest absolute Gasteiger partial charge is 0.416 e. The number of rotatable bonds is 6. The van der Waals surface area contributed by atoms with Crippen molar-refractivity contribution in [1.82, 2.24) is 25.5 Å². The van der Waals surface area contributed by atoms with Gasteiger partial charge in [-0.05, 0) is 19.8 Å². The topological polar surface area (TPSA) is 134 Å². The van der Waals surface area contributed by atoms with Gasteiger partial charge in [0.05, 0.1) is 12.2 Å². The molecule has 0 spiro atoms. The fourth-order valence-electron chi connectivity index (χ4n) is 3.00. The predicted molar refractivity (Wildman–Crippen MR) is 95.3 cm³/mol. The van der Waals surface area contributed by atoms with E-state index in [9.17, 15) is 14.4 Å². The zero-order chi connectivity index (χ0) is 18.5. The number of H-pyrrole nitrogens is 2. The Kier molecular flexibility index (Phi) is 5.92. The normalized spacial score (nSPS) is 15.1.